The second kappa shape index (κ2) is 9.17. The average Bonchev–Trinajstić information content (AvgIpc) is 3.20. The smallest absolute Gasteiger partial charge is 0.246 e. The van der Waals surface area contributed by atoms with E-state index < -0.39 is 22.0 Å². The maximum atomic E-state index is 12.7. The number of sulfonamides is 1. The quantitative estimate of drug-likeness (QED) is 0.568. The molecule has 1 atom stereocenters. The summed E-state index contributed by atoms with van der Waals surface area (Å²) in [5, 5.41) is 6.59. The van der Waals surface area contributed by atoms with Crippen LogP contribution in [0.4, 0.5) is 5.69 Å². The summed E-state index contributed by atoms with van der Waals surface area (Å²) < 4.78 is 36.1. The summed E-state index contributed by atoms with van der Waals surface area (Å²) >= 11 is 0. The van der Waals surface area contributed by atoms with Gasteiger partial charge >= 0.3 is 0 Å². The molecule has 0 saturated carbocycles. The first-order valence-electron chi connectivity index (χ1n) is 9.50. The second-order valence-electron chi connectivity index (χ2n) is 7.03. The van der Waals surface area contributed by atoms with E-state index >= 15 is 0 Å². The molecule has 1 N–H and O–H groups in total. The van der Waals surface area contributed by atoms with Gasteiger partial charge in [-0.3, -0.25) is 9.10 Å². The van der Waals surface area contributed by atoms with Gasteiger partial charge in [0.25, 0.3) is 0 Å². The predicted octanol–water partition coefficient (Wildman–Crippen LogP) is 2.52. The number of methoxy groups -OCH3 is 1. The molecular weight excluding hydrogens is 420 g/mol. The van der Waals surface area contributed by atoms with E-state index in [2.05, 4.69) is 15.5 Å². The molecule has 1 aromatic heterocycles. The zero-order valence-electron chi connectivity index (χ0n) is 17.7. The van der Waals surface area contributed by atoms with Crippen molar-refractivity contribution in [1.29, 1.82) is 0 Å². The molecule has 0 aliphatic rings. The molecule has 10 heteroatoms. The fourth-order valence-corrected chi connectivity index (χ4v) is 4.25. The van der Waals surface area contributed by atoms with Gasteiger partial charge in [0.15, 0.2) is 0 Å². The summed E-state index contributed by atoms with van der Waals surface area (Å²) in [6.07, 6.45) is 1.05. The molecule has 1 heterocycles. The molecule has 0 aliphatic heterocycles. The number of ether oxygens (including phenoxy) is 1. The number of carbonyl (C=O) groups is 1. The highest BCUT2D eigenvalue weighted by atomic mass is 32.2. The first kappa shape index (κ1) is 22.3. The van der Waals surface area contributed by atoms with Gasteiger partial charge in [-0.1, -0.05) is 28.9 Å². The molecule has 164 valence electrons. The van der Waals surface area contributed by atoms with Gasteiger partial charge in [-0.15, -0.1) is 0 Å². The van der Waals surface area contributed by atoms with Crippen LogP contribution in [-0.4, -0.2) is 43.9 Å². The Labute approximate surface area is 181 Å². The lowest BCUT2D eigenvalue weighted by atomic mass is 10.1. The average molecular weight is 445 g/mol. The summed E-state index contributed by atoms with van der Waals surface area (Å²) in [7, 11) is -2.21. The summed E-state index contributed by atoms with van der Waals surface area (Å²) in [6.45, 7) is 3.44. The lowest BCUT2D eigenvalue weighted by molar-refractivity contribution is -0.122. The molecule has 9 nitrogen and oxygen atoms in total. The number of anilines is 1. The molecule has 0 bridgehead atoms. The van der Waals surface area contributed by atoms with Gasteiger partial charge in [0.2, 0.25) is 27.6 Å². The number of amides is 1. The van der Waals surface area contributed by atoms with Crippen LogP contribution in [0.2, 0.25) is 0 Å². The zero-order valence-corrected chi connectivity index (χ0v) is 18.5. The monoisotopic (exact) mass is 444 g/mol. The molecule has 3 rings (SSSR count). The topological polar surface area (TPSA) is 115 Å². The van der Waals surface area contributed by atoms with Crippen LogP contribution in [0.5, 0.6) is 5.75 Å². The molecule has 31 heavy (non-hydrogen) atoms. The lowest BCUT2D eigenvalue weighted by Crippen LogP contribution is -2.47. The van der Waals surface area contributed by atoms with Crippen LogP contribution in [-0.2, 0) is 21.4 Å². The highest BCUT2D eigenvalue weighted by molar-refractivity contribution is 7.92. The van der Waals surface area contributed by atoms with Crippen LogP contribution in [0.25, 0.3) is 11.4 Å². The van der Waals surface area contributed by atoms with Crippen molar-refractivity contribution in [2.75, 3.05) is 17.7 Å². The zero-order chi connectivity index (χ0) is 22.6. The first-order chi connectivity index (χ1) is 14.7. The van der Waals surface area contributed by atoms with E-state index in [1.165, 1.54) is 14.0 Å². The highest BCUT2D eigenvalue weighted by Crippen LogP contribution is 2.24. The SMILES string of the molecule is COc1ccc(N(C(C)C(=O)NCc2nc(-c3cccc(C)c3)no2)S(C)(=O)=O)cc1. The number of rotatable bonds is 8. The Morgan fingerprint density at radius 1 is 1.23 bits per heavy atom. The van der Waals surface area contributed by atoms with Gasteiger partial charge in [-0.25, -0.2) is 8.42 Å². The van der Waals surface area contributed by atoms with Crippen LogP contribution in [0.1, 0.15) is 18.4 Å². The van der Waals surface area contributed by atoms with Gasteiger partial charge in [-0.2, -0.15) is 4.98 Å². The largest absolute Gasteiger partial charge is 0.497 e. The lowest BCUT2D eigenvalue weighted by Gasteiger charge is -2.28. The molecule has 1 unspecified atom stereocenters. The minimum Gasteiger partial charge on any atom is -0.497 e. The highest BCUT2D eigenvalue weighted by Gasteiger charge is 2.29. The van der Waals surface area contributed by atoms with Gasteiger partial charge in [-0.05, 0) is 44.2 Å². The maximum absolute atomic E-state index is 12.7. The van der Waals surface area contributed by atoms with Crippen LogP contribution in [0.15, 0.2) is 53.1 Å². The van der Waals surface area contributed by atoms with Gasteiger partial charge in [0.1, 0.15) is 11.8 Å². The molecule has 0 saturated heterocycles. The van der Waals surface area contributed by atoms with E-state index in [1.54, 1.807) is 24.3 Å². The van der Waals surface area contributed by atoms with Crippen molar-refractivity contribution in [3.05, 3.63) is 60.0 Å². The molecule has 3 aromatic rings. The number of hydrogen-bond acceptors (Lipinski definition) is 7. The predicted molar refractivity (Wildman–Crippen MR) is 116 cm³/mol. The molecule has 0 fully saturated rings. The Morgan fingerprint density at radius 3 is 2.55 bits per heavy atom. The number of carbonyl (C=O) groups excluding carboxylic acids is 1. The van der Waals surface area contributed by atoms with E-state index in [1.807, 2.05) is 31.2 Å². The molecule has 1 amide bonds. The molecule has 2 aromatic carbocycles. The Hall–Kier alpha value is -3.40. The summed E-state index contributed by atoms with van der Waals surface area (Å²) in [4.78, 5) is 17.0. The second-order valence-corrected chi connectivity index (χ2v) is 8.89. The van der Waals surface area contributed by atoms with E-state index in [-0.39, 0.29) is 12.4 Å². The number of benzene rings is 2. The number of nitrogens with zero attached hydrogens (tertiary/aromatic N) is 3. The molecule has 0 spiro atoms. The first-order valence-corrected chi connectivity index (χ1v) is 11.3. The maximum Gasteiger partial charge on any atom is 0.246 e. The molecular formula is C21H24N4O5S. The van der Waals surface area contributed by atoms with Crippen molar-refractivity contribution < 1.29 is 22.5 Å². The molecule has 0 radical (unpaired) electrons. The van der Waals surface area contributed by atoms with Crippen LogP contribution in [0, 0.1) is 6.92 Å². The summed E-state index contributed by atoms with van der Waals surface area (Å²) in [5.41, 5.74) is 2.22. The van der Waals surface area contributed by atoms with Crippen molar-refractivity contribution in [3.8, 4) is 17.1 Å². The van der Waals surface area contributed by atoms with E-state index in [4.69, 9.17) is 9.26 Å². The minimum atomic E-state index is -3.72. The Kier molecular flexibility index (Phi) is 6.59. The Bertz CT molecular complexity index is 1160. The van der Waals surface area contributed by atoms with E-state index in [0.717, 1.165) is 21.7 Å². The third-order valence-corrected chi connectivity index (χ3v) is 5.82. The van der Waals surface area contributed by atoms with Crippen molar-refractivity contribution in [1.82, 2.24) is 15.5 Å². The normalized spacial score (nSPS) is 12.3. The van der Waals surface area contributed by atoms with Crippen molar-refractivity contribution in [2.45, 2.75) is 26.4 Å². The van der Waals surface area contributed by atoms with Crippen LogP contribution < -0.4 is 14.4 Å². The third-order valence-electron chi connectivity index (χ3n) is 4.57. The Balaban J connectivity index is 1.71. The summed E-state index contributed by atoms with van der Waals surface area (Å²) in [6, 6.07) is 13.1. The van der Waals surface area contributed by atoms with Crippen LogP contribution in [0.3, 0.4) is 0 Å². The number of aromatic nitrogens is 2. The van der Waals surface area contributed by atoms with E-state index in [9.17, 15) is 13.2 Å². The van der Waals surface area contributed by atoms with Crippen molar-refractivity contribution in [2.24, 2.45) is 0 Å². The van der Waals surface area contributed by atoms with Crippen molar-refractivity contribution >= 4 is 21.6 Å². The Morgan fingerprint density at radius 2 is 1.94 bits per heavy atom. The third kappa shape index (κ3) is 5.40. The summed E-state index contributed by atoms with van der Waals surface area (Å²) in [5.74, 6) is 0.705. The molecule has 0 aliphatic carbocycles. The fourth-order valence-electron chi connectivity index (χ4n) is 3.08. The number of hydrogen-bond donors (Lipinski definition) is 1. The van der Waals surface area contributed by atoms with Gasteiger partial charge in [0.05, 0.1) is 25.6 Å². The number of nitrogens with one attached hydrogen (secondary N) is 1. The van der Waals surface area contributed by atoms with Gasteiger partial charge < -0.3 is 14.6 Å². The van der Waals surface area contributed by atoms with E-state index in [0.29, 0.717) is 17.3 Å². The standard InChI is InChI=1S/C21H24N4O5S/c1-14-6-5-7-16(12-14)20-23-19(30-24-20)13-22-21(26)15(2)25(31(4,27)28)17-8-10-18(29-3)11-9-17/h5-12,15H,13H2,1-4H3,(H,22,26). The minimum absolute atomic E-state index is 0.0256. The van der Waals surface area contributed by atoms with Crippen molar-refractivity contribution in [3.63, 3.8) is 0 Å². The number of aryl methyl sites for hydroxylation is 1. The van der Waals surface area contributed by atoms with Gasteiger partial charge in [0, 0.05) is 5.56 Å². The fraction of sp³-hybridized carbons (Fsp3) is 0.286. The van der Waals surface area contributed by atoms with Crippen LogP contribution >= 0.6 is 0 Å².